The Morgan fingerprint density at radius 1 is 0.892 bits per heavy atom. The maximum absolute atomic E-state index is 6.45. The van der Waals surface area contributed by atoms with Crippen molar-refractivity contribution in [3.05, 3.63) is 90.3 Å². The van der Waals surface area contributed by atoms with Gasteiger partial charge in [-0.25, -0.2) is 15.0 Å². The summed E-state index contributed by atoms with van der Waals surface area (Å²) in [7, 11) is 0. The number of rotatable bonds is 5. The third kappa shape index (κ3) is 3.91. The smallest absolute Gasteiger partial charge is 0.150 e. The van der Waals surface area contributed by atoms with Gasteiger partial charge in [0.15, 0.2) is 0 Å². The van der Waals surface area contributed by atoms with Gasteiger partial charge >= 0.3 is 0 Å². The van der Waals surface area contributed by atoms with Crippen LogP contribution in [0.3, 0.4) is 0 Å². The van der Waals surface area contributed by atoms with Crippen LogP contribution >= 0.6 is 0 Å². The summed E-state index contributed by atoms with van der Waals surface area (Å²) in [6.07, 6.45) is 4.44. The number of nitrogen functional groups attached to an aromatic ring is 1. The maximum atomic E-state index is 6.45. The molecule has 1 aliphatic heterocycles. The van der Waals surface area contributed by atoms with Gasteiger partial charge in [0.05, 0.1) is 17.6 Å². The third-order valence-electron chi connectivity index (χ3n) is 7.30. The van der Waals surface area contributed by atoms with E-state index in [9.17, 15) is 0 Å². The summed E-state index contributed by atoms with van der Waals surface area (Å²) in [6, 6.07) is 21.0. The number of fused-ring (bicyclic) bond motifs is 3. The highest BCUT2D eigenvalue weighted by molar-refractivity contribution is 6.02. The van der Waals surface area contributed by atoms with E-state index in [1.165, 1.54) is 10.9 Å². The van der Waals surface area contributed by atoms with Crippen molar-refractivity contribution in [3.8, 4) is 11.3 Å². The Labute approximate surface area is 214 Å². The van der Waals surface area contributed by atoms with Crippen LogP contribution in [0.25, 0.3) is 38.6 Å². The van der Waals surface area contributed by atoms with Crippen LogP contribution in [0.1, 0.15) is 17.2 Å². The molecule has 37 heavy (non-hydrogen) atoms. The van der Waals surface area contributed by atoms with E-state index >= 15 is 0 Å². The number of hydrogen-bond donors (Lipinski definition) is 3. The van der Waals surface area contributed by atoms with Crippen LogP contribution in [0.2, 0.25) is 0 Å². The van der Waals surface area contributed by atoms with Crippen LogP contribution in [-0.4, -0.2) is 55.4 Å². The molecule has 0 aliphatic carbocycles. The average Bonchev–Trinajstić information content (AvgIpc) is 3.51. The van der Waals surface area contributed by atoms with E-state index in [-0.39, 0.29) is 0 Å². The Balaban J connectivity index is 1.34. The van der Waals surface area contributed by atoms with Crippen molar-refractivity contribution in [2.45, 2.75) is 13.0 Å². The van der Waals surface area contributed by atoms with E-state index in [4.69, 9.17) is 15.7 Å². The van der Waals surface area contributed by atoms with Crippen LogP contribution in [0.15, 0.2) is 73.1 Å². The van der Waals surface area contributed by atoms with Crippen LogP contribution < -0.4 is 11.1 Å². The van der Waals surface area contributed by atoms with Gasteiger partial charge in [-0.2, -0.15) is 0 Å². The van der Waals surface area contributed by atoms with Crippen LogP contribution in [-0.2, 0) is 13.0 Å². The van der Waals surface area contributed by atoms with Gasteiger partial charge in [-0.3, -0.25) is 9.30 Å². The quantitative estimate of drug-likeness (QED) is 0.339. The molecule has 3 aromatic carbocycles. The SMILES string of the molecule is Nc1nccn2c(CN3CCNCC3)nc(-c3ccc(Cc4nc5ccccc5[nH]4)c4ccccc34)c12. The van der Waals surface area contributed by atoms with Gasteiger partial charge in [0.25, 0.3) is 0 Å². The highest BCUT2D eigenvalue weighted by Gasteiger charge is 2.21. The van der Waals surface area contributed by atoms with Crippen molar-refractivity contribution in [1.29, 1.82) is 0 Å². The van der Waals surface area contributed by atoms with Gasteiger partial charge in [0, 0.05) is 50.6 Å². The molecule has 0 bridgehead atoms. The molecule has 184 valence electrons. The van der Waals surface area contributed by atoms with Gasteiger partial charge in [-0.15, -0.1) is 0 Å². The molecule has 0 atom stereocenters. The lowest BCUT2D eigenvalue weighted by Gasteiger charge is -2.26. The minimum Gasteiger partial charge on any atom is -0.382 e. The Bertz CT molecular complexity index is 1710. The second-order valence-corrected chi connectivity index (χ2v) is 9.63. The summed E-state index contributed by atoms with van der Waals surface area (Å²) in [5.41, 5.74) is 12.5. The topological polar surface area (TPSA) is 100 Å². The van der Waals surface area contributed by atoms with E-state index < -0.39 is 0 Å². The Morgan fingerprint density at radius 2 is 1.70 bits per heavy atom. The van der Waals surface area contributed by atoms with E-state index in [2.05, 4.69) is 67.0 Å². The number of benzene rings is 3. The second-order valence-electron chi connectivity index (χ2n) is 9.63. The summed E-state index contributed by atoms with van der Waals surface area (Å²) in [5, 5.41) is 5.76. The fourth-order valence-electron chi connectivity index (χ4n) is 5.49. The molecule has 1 fully saturated rings. The summed E-state index contributed by atoms with van der Waals surface area (Å²) in [4.78, 5) is 20.3. The van der Waals surface area contributed by atoms with Crippen LogP contribution in [0, 0.1) is 0 Å². The lowest BCUT2D eigenvalue weighted by atomic mass is 9.96. The number of aromatic amines is 1. The molecule has 0 amide bonds. The van der Waals surface area contributed by atoms with E-state index in [1.54, 1.807) is 6.20 Å². The first-order valence-electron chi connectivity index (χ1n) is 12.7. The molecule has 6 aromatic rings. The molecule has 8 nitrogen and oxygen atoms in total. The third-order valence-corrected chi connectivity index (χ3v) is 7.30. The first-order chi connectivity index (χ1) is 18.2. The number of nitrogens with zero attached hydrogens (tertiary/aromatic N) is 5. The zero-order chi connectivity index (χ0) is 24.8. The van der Waals surface area contributed by atoms with Gasteiger partial charge in [0.1, 0.15) is 28.7 Å². The number of anilines is 1. The molecule has 0 unspecified atom stereocenters. The standard InChI is InChI=1S/C29H28N8/c30-29-28-27(35-26(37(28)16-13-32-29)18-36-14-11-31-12-15-36)22-10-9-19(20-5-1-2-6-21(20)22)17-25-33-23-7-3-4-8-24(23)34-25/h1-10,13,16,31H,11-12,14-15,17-18H2,(H2,30,32)(H,33,34). The van der Waals surface area contributed by atoms with Gasteiger partial charge in [-0.05, 0) is 28.5 Å². The normalized spacial score (nSPS) is 14.7. The van der Waals surface area contributed by atoms with E-state index in [0.29, 0.717) is 5.82 Å². The van der Waals surface area contributed by atoms with Crippen molar-refractivity contribution < 1.29 is 0 Å². The Morgan fingerprint density at radius 3 is 2.57 bits per heavy atom. The summed E-state index contributed by atoms with van der Waals surface area (Å²) in [5.74, 6) is 2.43. The number of imidazole rings is 2. The second kappa shape index (κ2) is 8.99. The van der Waals surface area contributed by atoms with Gasteiger partial charge < -0.3 is 16.0 Å². The predicted octanol–water partition coefficient (Wildman–Crippen LogP) is 4.00. The number of aromatic nitrogens is 5. The molecule has 8 heteroatoms. The molecule has 0 spiro atoms. The van der Waals surface area contributed by atoms with Crippen molar-refractivity contribution in [2.24, 2.45) is 0 Å². The van der Waals surface area contributed by atoms with Crippen LogP contribution in [0.4, 0.5) is 5.82 Å². The zero-order valence-electron chi connectivity index (χ0n) is 20.5. The molecule has 1 saturated heterocycles. The number of nitrogens with one attached hydrogen (secondary N) is 2. The minimum atomic E-state index is 0.493. The minimum absolute atomic E-state index is 0.493. The molecule has 1 aliphatic rings. The highest BCUT2D eigenvalue weighted by Crippen LogP contribution is 2.35. The summed E-state index contributed by atoms with van der Waals surface area (Å²) < 4.78 is 2.11. The summed E-state index contributed by atoms with van der Waals surface area (Å²) >= 11 is 0. The maximum Gasteiger partial charge on any atom is 0.150 e. The predicted molar refractivity (Wildman–Crippen MR) is 147 cm³/mol. The lowest BCUT2D eigenvalue weighted by molar-refractivity contribution is 0.227. The number of nitrogens with two attached hydrogens (primary N) is 1. The number of piperazine rings is 1. The van der Waals surface area contributed by atoms with Crippen molar-refractivity contribution >= 4 is 33.1 Å². The molecular formula is C29H28N8. The fourth-order valence-corrected chi connectivity index (χ4v) is 5.49. The first-order valence-corrected chi connectivity index (χ1v) is 12.7. The lowest BCUT2D eigenvalue weighted by Crippen LogP contribution is -2.43. The first kappa shape index (κ1) is 22.0. The number of hydrogen-bond acceptors (Lipinski definition) is 6. The van der Waals surface area contributed by atoms with Crippen molar-refractivity contribution in [3.63, 3.8) is 0 Å². The van der Waals surface area contributed by atoms with Crippen LogP contribution in [0.5, 0.6) is 0 Å². The van der Waals surface area contributed by atoms with Crippen molar-refractivity contribution in [1.82, 2.24) is 34.6 Å². The molecule has 4 heterocycles. The molecule has 0 saturated carbocycles. The largest absolute Gasteiger partial charge is 0.382 e. The average molecular weight is 489 g/mol. The fraction of sp³-hybridized carbons (Fsp3) is 0.207. The van der Waals surface area contributed by atoms with E-state index in [0.717, 1.165) is 84.0 Å². The highest BCUT2D eigenvalue weighted by atomic mass is 15.2. The molecule has 0 radical (unpaired) electrons. The zero-order valence-corrected chi connectivity index (χ0v) is 20.5. The molecular weight excluding hydrogens is 460 g/mol. The van der Waals surface area contributed by atoms with E-state index in [1.807, 2.05) is 24.4 Å². The monoisotopic (exact) mass is 488 g/mol. The van der Waals surface area contributed by atoms with Gasteiger partial charge in [0.2, 0.25) is 0 Å². The van der Waals surface area contributed by atoms with Crippen molar-refractivity contribution in [2.75, 3.05) is 31.9 Å². The number of H-pyrrole nitrogens is 1. The molecule has 4 N–H and O–H groups in total. The number of para-hydroxylation sites is 2. The summed E-state index contributed by atoms with van der Waals surface area (Å²) in [6.45, 7) is 4.78. The Kier molecular flexibility index (Phi) is 5.34. The van der Waals surface area contributed by atoms with Gasteiger partial charge in [-0.1, -0.05) is 48.5 Å². The molecule has 7 rings (SSSR count). The molecule has 3 aromatic heterocycles. The Hall–Kier alpha value is -4.27.